The van der Waals surface area contributed by atoms with E-state index >= 15 is 0 Å². The standard InChI is InChI=1S/C20H31N5O2/c1-27-18-6-9-21-20(22-18)24-13-7-17(8-14-24)25-12-4-5-16(15-25)19(26)23-10-2-3-11-23/h6,9,16-17H,2-5,7-8,10-15H2,1H3/t16-/m0/s1. The first-order valence-electron chi connectivity index (χ1n) is 10.4. The van der Waals surface area contributed by atoms with E-state index in [0.717, 1.165) is 70.9 Å². The van der Waals surface area contributed by atoms with E-state index in [1.54, 1.807) is 19.4 Å². The third kappa shape index (κ3) is 4.18. The number of rotatable bonds is 4. The van der Waals surface area contributed by atoms with Crippen molar-refractivity contribution < 1.29 is 9.53 Å². The highest BCUT2D eigenvalue weighted by Crippen LogP contribution is 2.27. The number of aromatic nitrogens is 2. The summed E-state index contributed by atoms with van der Waals surface area (Å²) in [6.45, 7) is 5.92. The van der Waals surface area contributed by atoms with Crippen LogP contribution in [0.15, 0.2) is 12.3 Å². The zero-order valence-electron chi connectivity index (χ0n) is 16.3. The van der Waals surface area contributed by atoms with Crippen molar-refractivity contribution >= 4 is 11.9 Å². The van der Waals surface area contributed by atoms with Gasteiger partial charge in [0.05, 0.1) is 13.0 Å². The van der Waals surface area contributed by atoms with Crippen molar-refractivity contribution in [3.63, 3.8) is 0 Å². The van der Waals surface area contributed by atoms with E-state index < -0.39 is 0 Å². The Hall–Kier alpha value is -1.89. The normalized spacial score (nSPS) is 25.0. The zero-order chi connectivity index (χ0) is 18.6. The Morgan fingerprint density at radius 1 is 1.07 bits per heavy atom. The lowest BCUT2D eigenvalue weighted by atomic mass is 9.93. The minimum atomic E-state index is 0.205. The number of methoxy groups -OCH3 is 1. The lowest BCUT2D eigenvalue weighted by Gasteiger charge is -2.42. The number of carbonyl (C=O) groups excluding carboxylic acids is 1. The lowest BCUT2D eigenvalue weighted by Crippen LogP contribution is -2.51. The van der Waals surface area contributed by atoms with Gasteiger partial charge in [-0.3, -0.25) is 9.69 Å². The van der Waals surface area contributed by atoms with Gasteiger partial charge in [-0.05, 0) is 45.1 Å². The van der Waals surface area contributed by atoms with Crippen LogP contribution in [-0.2, 0) is 4.79 Å². The van der Waals surface area contributed by atoms with Crippen LogP contribution < -0.4 is 9.64 Å². The number of nitrogens with zero attached hydrogens (tertiary/aromatic N) is 5. The molecule has 4 heterocycles. The minimum absolute atomic E-state index is 0.205. The molecule has 0 unspecified atom stereocenters. The van der Waals surface area contributed by atoms with E-state index in [0.29, 0.717) is 17.8 Å². The molecule has 1 amide bonds. The SMILES string of the molecule is COc1ccnc(N2CCC(N3CCC[C@H](C(=O)N4CCCC4)C3)CC2)n1. The average Bonchev–Trinajstić information content (AvgIpc) is 3.28. The molecular formula is C20H31N5O2. The predicted molar refractivity (Wildman–Crippen MR) is 104 cm³/mol. The molecule has 3 fully saturated rings. The van der Waals surface area contributed by atoms with Crippen molar-refractivity contribution in [2.45, 2.75) is 44.6 Å². The lowest BCUT2D eigenvalue weighted by molar-refractivity contribution is -0.136. The Balaban J connectivity index is 1.31. The fourth-order valence-electron chi connectivity index (χ4n) is 4.76. The van der Waals surface area contributed by atoms with E-state index in [2.05, 4.69) is 24.7 Å². The summed E-state index contributed by atoms with van der Waals surface area (Å²) >= 11 is 0. The Labute approximate surface area is 161 Å². The summed E-state index contributed by atoms with van der Waals surface area (Å²) in [7, 11) is 1.63. The molecule has 7 nitrogen and oxygen atoms in total. The fraction of sp³-hybridized carbons (Fsp3) is 0.750. The van der Waals surface area contributed by atoms with E-state index in [9.17, 15) is 4.79 Å². The van der Waals surface area contributed by atoms with Gasteiger partial charge in [0.1, 0.15) is 0 Å². The number of carbonyl (C=O) groups is 1. The van der Waals surface area contributed by atoms with Gasteiger partial charge in [-0.15, -0.1) is 0 Å². The second kappa shape index (κ2) is 8.42. The number of amides is 1. The molecule has 0 N–H and O–H groups in total. The highest BCUT2D eigenvalue weighted by atomic mass is 16.5. The van der Waals surface area contributed by atoms with Crippen LogP contribution in [0.2, 0.25) is 0 Å². The van der Waals surface area contributed by atoms with Crippen LogP contribution in [0.25, 0.3) is 0 Å². The number of anilines is 1. The molecule has 148 valence electrons. The van der Waals surface area contributed by atoms with Crippen molar-refractivity contribution in [3.05, 3.63) is 12.3 Å². The molecule has 1 aromatic rings. The van der Waals surface area contributed by atoms with Gasteiger partial charge in [-0.1, -0.05) is 0 Å². The van der Waals surface area contributed by atoms with Gasteiger partial charge in [0, 0.05) is 51.0 Å². The Morgan fingerprint density at radius 2 is 1.85 bits per heavy atom. The van der Waals surface area contributed by atoms with Crippen molar-refractivity contribution in [1.82, 2.24) is 19.8 Å². The smallest absolute Gasteiger partial charge is 0.228 e. The first-order chi connectivity index (χ1) is 13.2. The van der Waals surface area contributed by atoms with Gasteiger partial charge in [0.2, 0.25) is 17.7 Å². The Morgan fingerprint density at radius 3 is 2.59 bits per heavy atom. The molecule has 0 saturated carbocycles. The second-order valence-electron chi connectivity index (χ2n) is 7.98. The third-order valence-corrected chi connectivity index (χ3v) is 6.31. The van der Waals surface area contributed by atoms with Crippen molar-refractivity contribution in [3.8, 4) is 5.88 Å². The highest BCUT2D eigenvalue weighted by molar-refractivity contribution is 5.79. The Bertz CT molecular complexity index is 641. The second-order valence-corrected chi connectivity index (χ2v) is 7.98. The van der Waals surface area contributed by atoms with E-state index in [1.165, 1.54) is 12.8 Å². The summed E-state index contributed by atoms with van der Waals surface area (Å²) in [6.07, 6.45) is 8.51. The van der Waals surface area contributed by atoms with Crippen molar-refractivity contribution in [1.29, 1.82) is 0 Å². The van der Waals surface area contributed by atoms with Crippen LogP contribution in [0.3, 0.4) is 0 Å². The molecule has 7 heteroatoms. The molecule has 4 rings (SSSR count). The van der Waals surface area contributed by atoms with Crippen LogP contribution in [0.5, 0.6) is 5.88 Å². The number of piperidine rings is 2. The number of ether oxygens (including phenoxy) is 1. The molecule has 0 aliphatic carbocycles. The number of hydrogen-bond acceptors (Lipinski definition) is 6. The number of hydrogen-bond donors (Lipinski definition) is 0. The summed E-state index contributed by atoms with van der Waals surface area (Å²) in [5.41, 5.74) is 0. The molecule has 0 bridgehead atoms. The van der Waals surface area contributed by atoms with Crippen molar-refractivity contribution in [2.75, 3.05) is 51.3 Å². The van der Waals surface area contributed by atoms with Gasteiger partial charge in [0.15, 0.2) is 0 Å². The maximum Gasteiger partial charge on any atom is 0.228 e. The molecule has 3 aliphatic rings. The predicted octanol–water partition coefficient (Wildman–Crippen LogP) is 1.79. The molecule has 0 radical (unpaired) electrons. The molecule has 27 heavy (non-hydrogen) atoms. The largest absolute Gasteiger partial charge is 0.481 e. The molecule has 3 aliphatic heterocycles. The van der Waals surface area contributed by atoms with Gasteiger partial charge in [-0.25, -0.2) is 4.98 Å². The van der Waals surface area contributed by atoms with Crippen LogP contribution in [0.4, 0.5) is 5.95 Å². The van der Waals surface area contributed by atoms with Crippen LogP contribution in [0.1, 0.15) is 38.5 Å². The molecule has 1 atom stereocenters. The van der Waals surface area contributed by atoms with E-state index in [4.69, 9.17) is 4.74 Å². The van der Waals surface area contributed by atoms with Crippen molar-refractivity contribution in [2.24, 2.45) is 5.92 Å². The van der Waals surface area contributed by atoms with Crippen LogP contribution in [-0.4, -0.2) is 78.1 Å². The molecule has 3 saturated heterocycles. The van der Waals surface area contributed by atoms with E-state index in [1.807, 2.05) is 0 Å². The van der Waals surface area contributed by atoms with Gasteiger partial charge in [0.25, 0.3) is 0 Å². The monoisotopic (exact) mass is 373 g/mol. The average molecular weight is 374 g/mol. The first-order valence-corrected chi connectivity index (χ1v) is 10.4. The maximum atomic E-state index is 12.8. The summed E-state index contributed by atoms with van der Waals surface area (Å²) < 4.78 is 5.22. The van der Waals surface area contributed by atoms with E-state index in [-0.39, 0.29) is 5.92 Å². The topological polar surface area (TPSA) is 61.8 Å². The molecule has 0 spiro atoms. The summed E-state index contributed by atoms with van der Waals surface area (Å²) in [6, 6.07) is 2.35. The highest BCUT2D eigenvalue weighted by Gasteiger charge is 2.34. The minimum Gasteiger partial charge on any atom is -0.481 e. The van der Waals surface area contributed by atoms with Crippen LogP contribution in [0, 0.1) is 5.92 Å². The summed E-state index contributed by atoms with van der Waals surface area (Å²) in [5.74, 6) is 1.98. The zero-order valence-corrected chi connectivity index (χ0v) is 16.3. The molecule has 1 aromatic heterocycles. The van der Waals surface area contributed by atoms with Gasteiger partial charge in [-0.2, -0.15) is 4.98 Å². The maximum absolute atomic E-state index is 12.8. The van der Waals surface area contributed by atoms with Crippen LogP contribution >= 0.6 is 0 Å². The summed E-state index contributed by atoms with van der Waals surface area (Å²) in [5, 5.41) is 0. The quantitative estimate of drug-likeness (QED) is 0.802. The molecular weight excluding hydrogens is 342 g/mol. The third-order valence-electron chi connectivity index (χ3n) is 6.31. The molecule has 0 aromatic carbocycles. The Kier molecular flexibility index (Phi) is 5.76. The fourth-order valence-corrected chi connectivity index (χ4v) is 4.76. The van der Waals surface area contributed by atoms with Gasteiger partial charge >= 0.3 is 0 Å². The number of likely N-dealkylation sites (tertiary alicyclic amines) is 2. The van der Waals surface area contributed by atoms with Gasteiger partial charge < -0.3 is 14.5 Å². The first kappa shape index (κ1) is 18.5. The summed E-state index contributed by atoms with van der Waals surface area (Å²) in [4.78, 5) is 28.6.